The molecule has 0 bridgehead atoms. The van der Waals surface area contributed by atoms with Gasteiger partial charge in [0, 0.05) is 19.3 Å². The van der Waals surface area contributed by atoms with Crippen molar-refractivity contribution < 1.29 is 22.4 Å². The van der Waals surface area contributed by atoms with Gasteiger partial charge in [-0.05, 0) is 12.1 Å². The minimum atomic E-state index is -3.05. The van der Waals surface area contributed by atoms with Crippen LogP contribution in [0.25, 0.3) is 5.65 Å². The number of nitrogens with zero attached hydrogens (tertiary/aromatic N) is 5. The molecule has 3 aromatic rings. The Labute approximate surface area is 138 Å². The normalized spacial score (nSPS) is 11.6. The van der Waals surface area contributed by atoms with Gasteiger partial charge in [0.1, 0.15) is 11.4 Å². The molecule has 0 radical (unpaired) electrons. The number of alkyl halides is 4. The third-order valence-electron chi connectivity index (χ3n) is 3.35. The van der Waals surface area contributed by atoms with Gasteiger partial charge in [-0.1, -0.05) is 0 Å². The molecular weight excluding hydrogens is 344 g/mol. The summed E-state index contributed by atoms with van der Waals surface area (Å²) >= 11 is 0. The molecule has 1 amide bonds. The number of hydrogen-bond donors (Lipinski definition) is 1. The van der Waals surface area contributed by atoms with E-state index >= 15 is 0 Å². The van der Waals surface area contributed by atoms with E-state index in [4.69, 9.17) is 0 Å². The third-order valence-corrected chi connectivity index (χ3v) is 3.35. The fraction of sp³-hybridized carbons (Fsp3) is 0.286. The third kappa shape index (κ3) is 3.44. The lowest BCUT2D eigenvalue weighted by atomic mass is 10.3. The van der Waals surface area contributed by atoms with Crippen LogP contribution < -0.4 is 5.32 Å². The van der Waals surface area contributed by atoms with E-state index in [-0.39, 0.29) is 17.9 Å². The SMILES string of the molecule is Cn1ccc(CNC(=O)c2cc3nc(C(F)F)cc(C(F)F)n3n2)n1. The molecule has 3 rings (SSSR count). The molecule has 0 aromatic carbocycles. The number of fused-ring (bicyclic) bond motifs is 1. The lowest BCUT2D eigenvalue weighted by Crippen LogP contribution is -2.23. The molecule has 11 heteroatoms. The highest BCUT2D eigenvalue weighted by Gasteiger charge is 2.22. The maximum Gasteiger partial charge on any atom is 0.280 e. The Morgan fingerprint density at radius 3 is 2.56 bits per heavy atom. The topological polar surface area (TPSA) is 77.1 Å². The molecule has 0 aliphatic heterocycles. The number of carbonyl (C=O) groups is 1. The van der Waals surface area contributed by atoms with Crippen LogP contribution in [-0.2, 0) is 13.6 Å². The van der Waals surface area contributed by atoms with Gasteiger partial charge in [0.05, 0.1) is 12.2 Å². The number of aromatic nitrogens is 5. The van der Waals surface area contributed by atoms with Crippen molar-refractivity contribution >= 4 is 11.6 Å². The zero-order valence-electron chi connectivity index (χ0n) is 12.8. The summed E-state index contributed by atoms with van der Waals surface area (Å²) in [7, 11) is 1.71. The van der Waals surface area contributed by atoms with Gasteiger partial charge in [0.25, 0.3) is 18.8 Å². The monoisotopic (exact) mass is 356 g/mol. The lowest BCUT2D eigenvalue weighted by Gasteiger charge is -2.06. The Kier molecular flexibility index (Phi) is 4.38. The van der Waals surface area contributed by atoms with E-state index in [1.165, 1.54) is 0 Å². The van der Waals surface area contributed by atoms with Crippen molar-refractivity contribution in [1.82, 2.24) is 29.7 Å². The minimum absolute atomic E-state index is 0.102. The van der Waals surface area contributed by atoms with Gasteiger partial charge in [-0.3, -0.25) is 9.48 Å². The van der Waals surface area contributed by atoms with E-state index in [1.54, 1.807) is 24.0 Å². The average Bonchev–Trinajstić information content (AvgIpc) is 3.17. The van der Waals surface area contributed by atoms with Gasteiger partial charge in [-0.15, -0.1) is 0 Å². The number of carbonyl (C=O) groups excluding carboxylic acids is 1. The highest BCUT2D eigenvalue weighted by molar-refractivity contribution is 5.93. The van der Waals surface area contributed by atoms with Gasteiger partial charge in [0.2, 0.25) is 0 Å². The van der Waals surface area contributed by atoms with Crippen LogP contribution in [0, 0.1) is 0 Å². The first-order chi connectivity index (χ1) is 11.8. The first-order valence-electron chi connectivity index (χ1n) is 7.09. The highest BCUT2D eigenvalue weighted by Crippen LogP contribution is 2.25. The fourth-order valence-corrected chi connectivity index (χ4v) is 2.22. The standard InChI is InChI=1S/C14H12F4N6O/c1-23-3-2-7(21-23)6-19-14(25)9-5-11-20-8(12(15)16)4-10(13(17)18)24(11)22-9/h2-5,12-13H,6H2,1H3,(H,19,25). The Morgan fingerprint density at radius 2 is 1.96 bits per heavy atom. The van der Waals surface area contributed by atoms with Crippen molar-refractivity contribution in [1.29, 1.82) is 0 Å². The van der Waals surface area contributed by atoms with E-state index in [2.05, 4.69) is 20.5 Å². The van der Waals surface area contributed by atoms with Crippen LogP contribution in [0.3, 0.4) is 0 Å². The quantitative estimate of drug-likeness (QED) is 0.712. The summed E-state index contributed by atoms with van der Waals surface area (Å²) in [6.07, 6.45) is -4.37. The van der Waals surface area contributed by atoms with Crippen molar-refractivity contribution in [2.24, 2.45) is 7.05 Å². The fourth-order valence-electron chi connectivity index (χ4n) is 2.22. The summed E-state index contributed by atoms with van der Waals surface area (Å²) in [5, 5.41) is 10.3. The summed E-state index contributed by atoms with van der Waals surface area (Å²) in [5.41, 5.74) is -1.44. The lowest BCUT2D eigenvalue weighted by molar-refractivity contribution is 0.0943. The van der Waals surface area contributed by atoms with Crippen LogP contribution in [0.5, 0.6) is 0 Å². The second-order valence-electron chi connectivity index (χ2n) is 5.17. The largest absolute Gasteiger partial charge is 0.345 e. The van der Waals surface area contributed by atoms with Crippen LogP contribution in [0.1, 0.15) is 40.4 Å². The van der Waals surface area contributed by atoms with E-state index in [9.17, 15) is 22.4 Å². The number of aryl methyl sites for hydroxylation is 1. The average molecular weight is 356 g/mol. The Bertz CT molecular complexity index is 919. The first-order valence-corrected chi connectivity index (χ1v) is 7.09. The molecule has 0 fully saturated rings. The second kappa shape index (κ2) is 6.49. The van der Waals surface area contributed by atoms with Gasteiger partial charge in [-0.25, -0.2) is 27.1 Å². The van der Waals surface area contributed by atoms with Crippen molar-refractivity contribution in [3.8, 4) is 0 Å². The molecule has 0 unspecified atom stereocenters. The van der Waals surface area contributed by atoms with Crippen LogP contribution in [0.4, 0.5) is 17.6 Å². The van der Waals surface area contributed by atoms with Crippen LogP contribution in [0.2, 0.25) is 0 Å². The van der Waals surface area contributed by atoms with E-state index in [0.29, 0.717) is 16.3 Å². The van der Waals surface area contributed by atoms with Crippen molar-refractivity contribution in [3.63, 3.8) is 0 Å². The van der Waals surface area contributed by atoms with Gasteiger partial charge in [-0.2, -0.15) is 10.2 Å². The molecule has 25 heavy (non-hydrogen) atoms. The summed E-state index contributed by atoms with van der Waals surface area (Å²) in [5.74, 6) is -0.657. The summed E-state index contributed by atoms with van der Waals surface area (Å²) < 4.78 is 54.0. The van der Waals surface area contributed by atoms with Crippen molar-refractivity contribution in [2.75, 3.05) is 0 Å². The van der Waals surface area contributed by atoms with Crippen molar-refractivity contribution in [2.45, 2.75) is 19.4 Å². The Balaban J connectivity index is 1.89. The Hall–Kier alpha value is -2.98. The minimum Gasteiger partial charge on any atom is -0.345 e. The number of hydrogen-bond acceptors (Lipinski definition) is 4. The molecule has 0 aliphatic rings. The summed E-state index contributed by atoms with van der Waals surface area (Å²) in [6.45, 7) is 0.102. The Morgan fingerprint density at radius 1 is 1.20 bits per heavy atom. The molecule has 3 aromatic heterocycles. The summed E-state index contributed by atoms with van der Waals surface area (Å²) in [4.78, 5) is 15.7. The molecule has 0 atom stereocenters. The van der Waals surface area contributed by atoms with E-state index in [0.717, 1.165) is 6.07 Å². The molecular formula is C14H12F4N6O. The van der Waals surface area contributed by atoms with E-state index < -0.39 is 30.1 Å². The molecule has 0 spiro atoms. The maximum atomic E-state index is 13.1. The number of rotatable bonds is 5. The zero-order chi connectivity index (χ0) is 18.1. The molecule has 0 aliphatic carbocycles. The molecule has 0 saturated carbocycles. The molecule has 3 heterocycles. The van der Waals surface area contributed by atoms with Crippen LogP contribution in [-0.4, -0.2) is 30.3 Å². The maximum absolute atomic E-state index is 13.1. The molecule has 1 N–H and O–H groups in total. The van der Waals surface area contributed by atoms with Gasteiger partial charge < -0.3 is 5.32 Å². The molecule has 7 nitrogen and oxygen atoms in total. The van der Waals surface area contributed by atoms with Gasteiger partial charge >= 0.3 is 0 Å². The summed E-state index contributed by atoms with van der Waals surface area (Å²) in [6, 6.07) is 3.34. The first kappa shape index (κ1) is 16.9. The van der Waals surface area contributed by atoms with Crippen LogP contribution >= 0.6 is 0 Å². The molecule has 132 valence electrons. The van der Waals surface area contributed by atoms with Gasteiger partial charge in [0.15, 0.2) is 11.3 Å². The number of nitrogens with one attached hydrogen (secondary N) is 1. The predicted octanol–water partition coefficient (Wildman–Crippen LogP) is 2.27. The van der Waals surface area contributed by atoms with Crippen LogP contribution in [0.15, 0.2) is 24.4 Å². The van der Waals surface area contributed by atoms with Crippen molar-refractivity contribution in [3.05, 3.63) is 47.2 Å². The number of halogens is 4. The van der Waals surface area contributed by atoms with E-state index in [1.807, 2.05) is 0 Å². The second-order valence-corrected chi connectivity index (χ2v) is 5.17. The predicted molar refractivity (Wildman–Crippen MR) is 77.3 cm³/mol. The molecule has 0 saturated heterocycles. The number of amides is 1. The zero-order valence-corrected chi connectivity index (χ0v) is 12.8. The smallest absolute Gasteiger partial charge is 0.280 e. The highest BCUT2D eigenvalue weighted by atomic mass is 19.3.